The Kier molecular flexibility index (Phi) is 3.17. The Morgan fingerprint density at radius 2 is 1.71 bits per heavy atom. The lowest BCUT2D eigenvalue weighted by Gasteiger charge is -2.15. The Hall–Kier alpha value is -1.01. The summed E-state index contributed by atoms with van der Waals surface area (Å²) in [6.45, 7) is -3.03. The van der Waals surface area contributed by atoms with E-state index in [1.807, 2.05) is 0 Å². The van der Waals surface area contributed by atoms with Crippen LogP contribution in [-0.4, -0.2) is 26.3 Å². The van der Waals surface area contributed by atoms with Crippen LogP contribution in [0.2, 0.25) is 0 Å². The van der Waals surface area contributed by atoms with Gasteiger partial charge in [0, 0.05) is 7.05 Å². The Morgan fingerprint density at radius 1 is 1.21 bits per heavy atom. The van der Waals surface area contributed by atoms with Crippen molar-refractivity contribution in [3.8, 4) is 0 Å². The maximum Gasteiger partial charge on any atom is 0.307 e. The van der Waals surface area contributed by atoms with Gasteiger partial charge in [-0.05, 0) is 12.1 Å². The third-order valence-corrected chi connectivity index (χ3v) is 3.48. The molecular formula is C8H9F2NO2S. The minimum absolute atomic E-state index is 0.0301. The summed E-state index contributed by atoms with van der Waals surface area (Å²) in [6, 6.07) is 7.11. The monoisotopic (exact) mass is 221 g/mol. The molecule has 0 atom stereocenters. The molecule has 0 saturated carbocycles. The molecule has 0 aromatic heterocycles. The first-order valence-electron chi connectivity index (χ1n) is 3.77. The average Bonchev–Trinajstić information content (AvgIpc) is 2.18. The molecule has 0 amide bonds. The van der Waals surface area contributed by atoms with Crippen LogP contribution in [0.15, 0.2) is 35.2 Å². The van der Waals surface area contributed by atoms with Crippen LogP contribution in [0, 0.1) is 0 Å². The molecule has 0 fully saturated rings. The second-order valence-electron chi connectivity index (χ2n) is 2.61. The molecule has 0 aliphatic rings. The average molecular weight is 221 g/mol. The van der Waals surface area contributed by atoms with E-state index in [1.165, 1.54) is 24.3 Å². The van der Waals surface area contributed by atoms with Crippen LogP contribution >= 0.6 is 0 Å². The number of alkyl halides is 2. The maximum absolute atomic E-state index is 12.2. The van der Waals surface area contributed by atoms with Gasteiger partial charge in [0.2, 0.25) is 10.0 Å². The Bertz CT molecular complexity index is 391. The van der Waals surface area contributed by atoms with Gasteiger partial charge in [-0.3, -0.25) is 0 Å². The quantitative estimate of drug-likeness (QED) is 0.726. The van der Waals surface area contributed by atoms with Crippen molar-refractivity contribution in [3.05, 3.63) is 30.3 Å². The zero-order valence-corrected chi connectivity index (χ0v) is 8.21. The van der Waals surface area contributed by atoms with Gasteiger partial charge in [0.25, 0.3) is 0 Å². The summed E-state index contributed by atoms with van der Waals surface area (Å²) < 4.78 is 47.2. The number of halogens is 2. The first-order valence-corrected chi connectivity index (χ1v) is 5.21. The summed E-state index contributed by atoms with van der Waals surface area (Å²) in [6.07, 6.45) is 0. The fourth-order valence-electron chi connectivity index (χ4n) is 0.864. The summed E-state index contributed by atoms with van der Waals surface area (Å²) in [7, 11) is -3.21. The van der Waals surface area contributed by atoms with E-state index in [4.69, 9.17) is 0 Å². The third-order valence-electron chi connectivity index (χ3n) is 1.70. The molecule has 0 spiro atoms. The molecule has 0 heterocycles. The zero-order chi connectivity index (χ0) is 10.8. The molecule has 78 valence electrons. The van der Waals surface area contributed by atoms with Crippen LogP contribution in [0.5, 0.6) is 0 Å². The van der Waals surface area contributed by atoms with Crippen molar-refractivity contribution in [2.24, 2.45) is 0 Å². The lowest BCUT2D eigenvalue weighted by molar-refractivity contribution is 0.0464. The Morgan fingerprint density at radius 3 is 2.14 bits per heavy atom. The molecule has 0 radical (unpaired) electrons. The van der Waals surface area contributed by atoms with Crippen molar-refractivity contribution in [2.75, 3.05) is 7.05 Å². The van der Waals surface area contributed by atoms with Gasteiger partial charge >= 0.3 is 6.55 Å². The number of rotatable bonds is 3. The first kappa shape index (κ1) is 11.1. The van der Waals surface area contributed by atoms with E-state index in [1.54, 1.807) is 6.07 Å². The van der Waals surface area contributed by atoms with Crippen molar-refractivity contribution in [3.63, 3.8) is 0 Å². The molecule has 0 N–H and O–H groups in total. The van der Waals surface area contributed by atoms with Crippen LogP contribution in [0.4, 0.5) is 8.78 Å². The third kappa shape index (κ3) is 2.08. The molecule has 0 unspecified atom stereocenters. The van der Waals surface area contributed by atoms with Gasteiger partial charge in [0.05, 0.1) is 4.90 Å². The second-order valence-corrected chi connectivity index (χ2v) is 4.61. The topological polar surface area (TPSA) is 37.4 Å². The van der Waals surface area contributed by atoms with E-state index in [-0.39, 0.29) is 9.20 Å². The van der Waals surface area contributed by atoms with Crippen molar-refractivity contribution in [2.45, 2.75) is 11.4 Å². The molecule has 0 bridgehead atoms. The smallest absolute Gasteiger partial charge is 0.207 e. The largest absolute Gasteiger partial charge is 0.307 e. The molecule has 0 aliphatic heterocycles. The predicted molar refractivity (Wildman–Crippen MR) is 47.4 cm³/mol. The lowest BCUT2D eigenvalue weighted by atomic mass is 10.4. The summed E-state index contributed by atoms with van der Waals surface area (Å²) in [5.74, 6) is 0. The van der Waals surface area contributed by atoms with Crippen molar-refractivity contribution < 1.29 is 17.2 Å². The fraction of sp³-hybridized carbons (Fsp3) is 0.250. The van der Waals surface area contributed by atoms with Crippen molar-refractivity contribution >= 4 is 10.0 Å². The second kappa shape index (κ2) is 4.02. The number of hydrogen-bond acceptors (Lipinski definition) is 2. The van der Waals surface area contributed by atoms with Crippen LogP contribution in [-0.2, 0) is 10.0 Å². The molecule has 14 heavy (non-hydrogen) atoms. The highest BCUT2D eigenvalue weighted by Gasteiger charge is 2.26. The predicted octanol–water partition coefficient (Wildman–Crippen LogP) is 1.53. The minimum atomic E-state index is -4.05. The highest BCUT2D eigenvalue weighted by Crippen LogP contribution is 2.16. The standard InChI is InChI=1S/C8H9F2NO2S/c1-11(8(9)10)14(12,13)7-5-3-2-4-6-7/h2-6,8H,1H3. The van der Waals surface area contributed by atoms with E-state index < -0.39 is 16.6 Å². The summed E-state index contributed by atoms with van der Waals surface area (Å²) in [5.41, 5.74) is 0. The van der Waals surface area contributed by atoms with E-state index >= 15 is 0 Å². The van der Waals surface area contributed by atoms with Gasteiger partial charge in [0.15, 0.2) is 0 Å². The summed E-state index contributed by atoms with van der Waals surface area (Å²) in [4.78, 5) is -0.136. The first-order chi connectivity index (χ1) is 6.46. The summed E-state index contributed by atoms with van der Waals surface area (Å²) in [5, 5.41) is 0. The molecule has 1 rings (SSSR count). The fourth-order valence-corrected chi connectivity index (χ4v) is 1.91. The number of benzene rings is 1. The molecule has 1 aromatic rings. The SMILES string of the molecule is CN(C(F)F)S(=O)(=O)c1ccccc1. The maximum atomic E-state index is 12.2. The van der Waals surface area contributed by atoms with Gasteiger partial charge in [0.1, 0.15) is 0 Å². The Labute approximate surface area is 81.0 Å². The highest BCUT2D eigenvalue weighted by atomic mass is 32.2. The Balaban J connectivity index is 3.10. The molecular weight excluding hydrogens is 212 g/mol. The number of sulfonamides is 1. The van der Waals surface area contributed by atoms with Crippen LogP contribution in [0.1, 0.15) is 0 Å². The van der Waals surface area contributed by atoms with Crippen LogP contribution in [0.25, 0.3) is 0 Å². The zero-order valence-electron chi connectivity index (χ0n) is 7.39. The molecule has 3 nitrogen and oxygen atoms in total. The van der Waals surface area contributed by atoms with Gasteiger partial charge < -0.3 is 0 Å². The lowest BCUT2D eigenvalue weighted by Crippen LogP contribution is -2.31. The highest BCUT2D eigenvalue weighted by molar-refractivity contribution is 7.89. The van der Waals surface area contributed by atoms with Gasteiger partial charge in [-0.25, -0.2) is 8.42 Å². The number of hydrogen-bond donors (Lipinski definition) is 0. The molecule has 6 heteroatoms. The van der Waals surface area contributed by atoms with Crippen molar-refractivity contribution in [1.29, 1.82) is 0 Å². The van der Waals surface area contributed by atoms with E-state index in [9.17, 15) is 17.2 Å². The van der Waals surface area contributed by atoms with Crippen LogP contribution in [0.3, 0.4) is 0 Å². The number of nitrogens with zero attached hydrogens (tertiary/aromatic N) is 1. The molecule has 1 aromatic carbocycles. The van der Waals surface area contributed by atoms with Gasteiger partial charge in [-0.1, -0.05) is 18.2 Å². The van der Waals surface area contributed by atoms with Crippen LogP contribution < -0.4 is 0 Å². The van der Waals surface area contributed by atoms with Gasteiger partial charge in [-0.2, -0.15) is 8.78 Å². The normalized spacial score (nSPS) is 12.4. The molecule has 0 saturated heterocycles. The molecule has 0 aliphatic carbocycles. The van der Waals surface area contributed by atoms with E-state index in [0.717, 1.165) is 7.05 Å². The van der Waals surface area contributed by atoms with Crippen molar-refractivity contribution in [1.82, 2.24) is 4.31 Å². The summed E-state index contributed by atoms with van der Waals surface area (Å²) >= 11 is 0. The van der Waals surface area contributed by atoms with E-state index in [0.29, 0.717) is 0 Å². The van der Waals surface area contributed by atoms with E-state index in [2.05, 4.69) is 0 Å². The minimum Gasteiger partial charge on any atom is -0.207 e. The van der Waals surface area contributed by atoms with Gasteiger partial charge in [-0.15, -0.1) is 4.31 Å².